The number of carbonyl (C=O) groups excluding carboxylic acids is 1. The standard InChI is InChI=1S/C22H18F3N5O/c1-13-2-6-15(7-3-13)17-10-19(22(23,24)25)30-20(28-17)11-18(29-30)21(31)27-16-8-4-14(12-26)5-9-16/h2-9,11,17,19,28H,10H2,1H3,(H,27,31)/t17-,19+/m0/s1. The molecule has 158 valence electrons. The molecule has 1 aliphatic heterocycles. The average molecular weight is 425 g/mol. The van der Waals surface area contributed by atoms with Gasteiger partial charge in [-0.3, -0.25) is 4.79 Å². The van der Waals surface area contributed by atoms with Crippen molar-refractivity contribution >= 4 is 17.4 Å². The molecule has 1 aromatic heterocycles. The summed E-state index contributed by atoms with van der Waals surface area (Å²) in [5.74, 6) is -0.509. The molecule has 0 unspecified atom stereocenters. The zero-order valence-corrected chi connectivity index (χ0v) is 16.4. The summed E-state index contributed by atoms with van der Waals surface area (Å²) in [7, 11) is 0. The Morgan fingerprint density at radius 2 is 1.87 bits per heavy atom. The maximum absolute atomic E-state index is 13.8. The minimum atomic E-state index is -4.52. The van der Waals surface area contributed by atoms with Crippen LogP contribution in [-0.4, -0.2) is 21.9 Å². The van der Waals surface area contributed by atoms with E-state index in [9.17, 15) is 18.0 Å². The van der Waals surface area contributed by atoms with Gasteiger partial charge >= 0.3 is 6.18 Å². The quantitative estimate of drug-likeness (QED) is 0.620. The maximum atomic E-state index is 13.8. The summed E-state index contributed by atoms with van der Waals surface area (Å²) >= 11 is 0. The summed E-state index contributed by atoms with van der Waals surface area (Å²) in [6.45, 7) is 1.91. The van der Waals surface area contributed by atoms with Gasteiger partial charge < -0.3 is 10.6 Å². The molecule has 0 spiro atoms. The number of hydrogen-bond donors (Lipinski definition) is 2. The third kappa shape index (κ3) is 4.23. The van der Waals surface area contributed by atoms with Gasteiger partial charge in [-0.2, -0.15) is 23.5 Å². The van der Waals surface area contributed by atoms with Crippen LogP contribution >= 0.6 is 0 Å². The number of nitrogens with one attached hydrogen (secondary N) is 2. The predicted molar refractivity (Wildman–Crippen MR) is 109 cm³/mol. The topological polar surface area (TPSA) is 82.7 Å². The lowest BCUT2D eigenvalue weighted by Gasteiger charge is -2.33. The number of alkyl halides is 3. The first-order chi connectivity index (χ1) is 14.7. The number of rotatable bonds is 3. The van der Waals surface area contributed by atoms with Crippen molar-refractivity contribution in [2.45, 2.75) is 31.6 Å². The highest BCUT2D eigenvalue weighted by molar-refractivity contribution is 6.03. The van der Waals surface area contributed by atoms with Crippen molar-refractivity contribution in [3.05, 3.63) is 77.0 Å². The second-order valence-corrected chi connectivity index (χ2v) is 7.40. The second-order valence-electron chi connectivity index (χ2n) is 7.40. The molecule has 0 saturated heterocycles. The van der Waals surface area contributed by atoms with Crippen molar-refractivity contribution in [2.75, 3.05) is 10.6 Å². The summed E-state index contributed by atoms with van der Waals surface area (Å²) in [5, 5.41) is 18.4. The van der Waals surface area contributed by atoms with Gasteiger partial charge in [0.2, 0.25) is 0 Å². The number of aromatic nitrogens is 2. The molecule has 4 rings (SSSR count). The summed E-state index contributed by atoms with van der Waals surface area (Å²) in [6, 6.07) is 14.3. The lowest BCUT2D eigenvalue weighted by Crippen LogP contribution is -2.35. The van der Waals surface area contributed by atoms with E-state index < -0.39 is 24.2 Å². The number of carbonyl (C=O) groups is 1. The van der Waals surface area contributed by atoms with Crippen LogP contribution in [0, 0.1) is 18.3 Å². The van der Waals surface area contributed by atoms with Crippen molar-refractivity contribution < 1.29 is 18.0 Å². The van der Waals surface area contributed by atoms with Gasteiger partial charge in [-0.15, -0.1) is 0 Å². The SMILES string of the molecule is Cc1ccc([C@@H]2C[C@H](C(F)(F)F)n3nc(C(=O)Nc4ccc(C#N)cc4)cc3N2)cc1. The number of amides is 1. The van der Waals surface area contributed by atoms with Crippen molar-refractivity contribution in [2.24, 2.45) is 0 Å². The summed E-state index contributed by atoms with van der Waals surface area (Å²) in [5.41, 5.74) is 2.45. The Morgan fingerprint density at radius 3 is 2.48 bits per heavy atom. The van der Waals surface area contributed by atoms with Crippen molar-refractivity contribution in [1.29, 1.82) is 5.26 Å². The molecule has 2 aromatic carbocycles. The second kappa shape index (κ2) is 7.80. The van der Waals surface area contributed by atoms with Crippen LogP contribution in [0.3, 0.4) is 0 Å². The van der Waals surface area contributed by atoms with E-state index in [0.717, 1.165) is 15.8 Å². The normalized spacial score (nSPS) is 17.9. The maximum Gasteiger partial charge on any atom is 0.410 e. The number of halogens is 3. The predicted octanol–water partition coefficient (Wildman–Crippen LogP) is 4.98. The molecule has 0 radical (unpaired) electrons. The molecule has 0 saturated carbocycles. The summed E-state index contributed by atoms with van der Waals surface area (Å²) < 4.78 is 42.2. The molecule has 2 N–H and O–H groups in total. The highest BCUT2D eigenvalue weighted by Gasteiger charge is 2.46. The fourth-order valence-electron chi connectivity index (χ4n) is 3.53. The third-order valence-corrected chi connectivity index (χ3v) is 5.17. The summed E-state index contributed by atoms with van der Waals surface area (Å²) in [6.07, 6.45) is -4.76. The molecular weight excluding hydrogens is 407 g/mol. The van der Waals surface area contributed by atoms with Crippen LogP contribution < -0.4 is 10.6 Å². The van der Waals surface area contributed by atoms with Crippen LogP contribution in [0.5, 0.6) is 0 Å². The molecule has 0 bridgehead atoms. The Hall–Kier alpha value is -3.80. The van der Waals surface area contributed by atoms with Crippen molar-refractivity contribution in [3.8, 4) is 6.07 Å². The van der Waals surface area contributed by atoms with Gasteiger partial charge in [0.15, 0.2) is 11.7 Å². The van der Waals surface area contributed by atoms with Gasteiger partial charge in [-0.25, -0.2) is 4.68 Å². The largest absolute Gasteiger partial charge is 0.410 e. The molecule has 2 atom stereocenters. The first-order valence-electron chi connectivity index (χ1n) is 9.55. The van der Waals surface area contributed by atoms with Crippen LogP contribution in [0.1, 0.15) is 45.7 Å². The molecule has 0 aliphatic carbocycles. The van der Waals surface area contributed by atoms with E-state index in [2.05, 4.69) is 15.7 Å². The lowest BCUT2D eigenvalue weighted by molar-refractivity contribution is -0.173. The number of hydrogen-bond acceptors (Lipinski definition) is 4. The van der Waals surface area contributed by atoms with Gasteiger partial charge in [-0.05, 0) is 36.8 Å². The number of fused-ring (bicyclic) bond motifs is 1. The number of aryl methyl sites for hydroxylation is 1. The minimum Gasteiger partial charge on any atom is -0.363 e. The van der Waals surface area contributed by atoms with Crippen molar-refractivity contribution in [1.82, 2.24) is 9.78 Å². The van der Waals surface area contributed by atoms with E-state index in [4.69, 9.17) is 5.26 Å². The monoisotopic (exact) mass is 425 g/mol. The van der Waals surface area contributed by atoms with Gasteiger partial charge in [0.1, 0.15) is 5.82 Å². The van der Waals surface area contributed by atoms with E-state index in [-0.39, 0.29) is 17.9 Å². The van der Waals surface area contributed by atoms with Gasteiger partial charge in [0.25, 0.3) is 5.91 Å². The molecule has 9 heteroatoms. The van der Waals surface area contributed by atoms with E-state index in [1.165, 1.54) is 30.3 Å². The van der Waals surface area contributed by atoms with Gasteiger partial charge in [-0.1, -0.05) is 29.8 Å². The van der Waals surface area contributed by atoms with E-state index in [1.54, 1.807) is 12.1 Å². The Balaban J connectivity index is 1.62. The first-order valence-corrected chi connectivity index (χ1v) is 9.55. The average Bonchev–Trinajstić information content (AvgIpc) is 3.17. The Labute approximate surface area is 176 Å². The number of anilines is 2. The van der Waals surface area contributed by atoms with Crippen LogP contribution in [0.25, 0.3) is 0 Å². The summed E-state index contributed by atoms with van der Waals surface area (Å²) in [4.78, 5) is 12.6. The molecule has 0 fully saturated rings. The molecule has 2 heterocycles. The number of benzene rings is 2. The zero-order chi connectivity index (χ0) is 22.2. The fraction of sp³-hybridized carbons (Fsp3) is 0.227. The highest BCUT2D eigenvalue weighted by Crippen LogP contribution is 2.43. The molecular formula is C22H18F3N5O. The number of nitriles is 1. The lowest BCUT2D eigenvalue weighted by atomic mass is 9.96. The van der Waals surface area contributed by atoms with E-state index >= 15 is 0 Å². The minimum absolute atomic E-state index is 0.129. The first kappa shape index (κ1) is 20.5. The third-order valence-electron chi connectivity index (χ3n) is 5.17. The Bertz CT molecular complexity index is 1140. The van der Waals surface area contributed by atoms with Crippen LogP contribution in [-0.2, 0) is 0 Å². The fourth-order valence-corrected chi connectivity index (χ4v) is 3.53. The van der Waals surface area contributed by atoms with Crippen LogP contribution in [0.4, 0.5) is 24.7 Å². The van der Waals surface area contributed by atoms with Gasteiger partial charge in [0, 0.05) is 18.2 Å². The molecule has 1 aliphatic rings. The van der Waals surface area contributed by atoms with Crippen LogP contribution in [0.15, 0.2) is 54.6 Å². The molecule has 31 heavy (non-hydrogen) atoms. The van der Waals surface area contributed by atoms with Crippen molar-refractivity contribution in [3.63, 3.8) is 0 Å². The molecule has 1 amide bonds. The Kier molecular flexibility index (Phi) is 5.15. The van der Waals surface area contributed by atoms with E-state index in [0.29, 0.717) is 11.3 Å². The van der Waals surface area contributed by atoms with Crippen LogP contribution in [0.2, 0.25) is 0 Å². The molecule has 3 aromatic rings. The molecule has 6 nitrogen and oxygen atoms in total. The van der Waals surface area contributed by atoms with E-state index in [1.807, 2.05) is 25.1 Å². The highest BCUT2D eigenvalue weighted by atomic mass is 19.4. The zero-order valence-electron chi connectivity index (χ0n) is 16.4. The smallest absolute Gasteiger partial charge is 0.363 e. The van der Waals surface area contributed by atoms with Gasteiger partial charge in [0.05, 0.1) is 17.7 Å². The Morgan fingerprint density at radius 1 is 1.19 bits per heavy atom. The number of nitrogens with zero attached hydrogens (tertiary/aromatic N) is 3.